The predicted molar refractivity (Wildman–Crippen MR) is 58.9 cm³/mol. The monoisotopic (exact) mass is 267 g/mol. The summed E-state index contributed by atoms with van der Waals surface area (Å²) < 4.78 is 2.80. The highest BCUT2D eigenvalue weighted by Crippen LogP contribution is 2.31. The van der Waals surface area contributed by atoms with Crippen LogP contribution in [0.1, 0.15) is 5.69 Å². The van der Waals surface area contributed by atoms with E-state index in [1.165, 1.54) is 0 Å². The Bertz CT molecular complexity index is 506. The minimum atomic E-state index is 0.451. The van der Waals surface area contributed by atoms with Crippen molar-refractivity contribution in [1.82, 2.24) is 9.78 Å². The molecule has 0 atom stereocenters. The summed E-state index contributed by atoms with van der Waals surface area (Å²) in [6.45, 7) is 0. The van der Waals surface area contributed by atoms with Crippen LogP contribution < -0.4 is 0 Å². The lowest BCUT2D eigenvalue weighted by Crippen LogP contribution is -1.92. The van der Waals surface area contributed by atoms with Gasteiger partial charge in [0.05, 0.1) is 14.4 Å². The Morgan fingerprint density at radius 3 is 2.86 bits per heavy atom. The van der Waals surface area contributed by atoms with E-state index in [0.29, 0.717) is 5.69 Å². The molecule has 0 aliphatic heterocycles. The van der Waals surface area contributed by atoms with Gasteiger partial charge in [0.25, 0.3) is 0 Å². The van der Waals surface area contributed by atoms with E-state index in [0.717, 1.165) is 14.4 Å². The Morgan fingerprint density at radius 2 is 2.36 bits per heavy atom. The van der Waals surface area contributed by atoms with Crippen LogP contribution in [-0.2, 0) is 7.05 Å². The summed E-state index contributed by atoms with van der Waals surface area (Å²) in [5.41, 5.74) is 1.42. The predicted octanol–water partition coefficient (Wildman–Crippen LogP) is 2.78. The quantitative estimate of drug-likeness (QED) is 0.798. The maximum Gasteiger partial charge on any atom is 0.163 e. The summed E-state index contributed by atoms with van der Waals surface area (Å²) in [6.07, 6.45) is 0. The first-order chi connectivity index (χ1) is 6.70. The van der Waals surface area contributed by atoms with Crippen LogP contribution in [-0.4, -0.2) is 9.78 Å². The normalized spacial score (nSPS) is 10.1. The molecule has 0 aliphatic carbocycles. The van der Waals surface area contributed by atoms with Crippen LogP contribution in [0.2, 0.25) is 0 Å². The number of thiophene rings is 1. The van der Waals surface area contributed by atoms with Crippen molar-refractivity contribution in [3.63, 3.8) is 0 Å². The smallest absolute Gasteiger partial charge is 0.163 e. The molecule has 14 heavy (non-hydrogen) atoms. The lowest BCUT2D eigenvalue weighted by Gasteiger charge is -1.95. The van der Waals surface area contributed by atoms with Crippen LogP contribution in [0.15, 0.2) is 22.0 Å². The van der Waals surface area contributed by atoms with Gasteiger partial charge in [-0.2, -0.15) is 10.4 Å². The Kier molecular flexibility index (Phi) is 2.40. The van der Waals surface area contributed by atoms with Crippen LogP contribution in [0.3, 0.4) is 0 Å². The molecule has 0 amide bonds. The highest BCUT2D eigenvalue weighted by Gasteiger charge is 2.08. The van der Waals surface area contributed by atoms with Crippen LogP contribution in [0.4, 0.5) is 0 Å². The average Bonchev–Trinajstić information content (AvgIpc) is 2.71. The molecule has 0 bridgehead atoms. The Balaban J connectivity index is 2.52. The summed E-state index contributed by atoms with van der Waals surface area (Å²) >= 11 is 5.03. The molecule has 0 N–H and O–H groups in total. The van der Waals surface area contributed by atoms with Gasteiger partial charge in [0.2, 0.25) is 0 Å². The van der Waals surface area contributed by atoms with Crippen molar-refractivity contribution in [2.75, 3.05) is 0 Å². The van der Waals surface area contributed by atoms with Crippen molar-refractivity contribution in [2.24, 2.45) is 7.05 Å². The van der Waals surface area contributed by atoms with Gasteiger partial charge in [-0.05, 0) is 28.1 Å². The fourth-order valence-corrected chi connectivity index (χ4v) is 2.64. The van der Waals surface area contributed by atoms with Crippen LogP contribution >= 0.6 is 27.3 Å². The second-order valence-corrected chi connectivity index (χ2v) is 5.22. The zero-order chi connectivity index (χ0) is 10.1. The van der Waals surface area contributed by atoms with E-state index in [1.807, 2.05) is 25.2 Å². The van der Waals surface area contributed by atoms with Crippen molar-refractivity contribution in [1.29, 1.82) is 5.26 Å². The third-order valence-electron chi connectivity index (χ3n) is 1.82. The fourth-order valence-electron chi connectivity index (χ4n) is 1.20. The minimum absolute atomic E-state index is 0.451. The fraction of sp³-hybridized carbons (Fsp3) is 0.111. The number of halogens is 1. The Hall–Kier alpha value is -1.12. The topological polar surface area (TPSA) is 41.6 Å². The molecule has 0 saturated heterocycles. The van der Waals surface area contributed by atoms with Crippen LogP contribution in [0, 0.1) is 11.3 Å². The number of hydrogen-bond donors (Lipinski definition) is 0. The molecular weight excluding hydrogens is 262 g/mol. The molecule has 0 aliphatic rings. The minimum Gasteiger partial charge on any atom is -0.266 e. The van der Waals surface area contributed by atoms with Gasteiger partial charge < -0.3 is 0 Å². The molecule has 0 saturated carbocycles. The van der Waals surface area contributed by atoms with Gasteiger partial charge in [0.15, 0.2) is 5.69 Å². The summed E-state index contributed by atoms with van der Waals surface area (Å²) in [7, 11) is 1.84. The van der Waals surface area contributed by atoms with E-state index >= 15 is 0 Å². The van der Waals surface area contributed by atoms with Crippen LogP contribution in [0.25, 0.3) is 10.6 Å². The standard InChI is InChI=1S/C9H6BrN3S/c1-13-7(4-6(5-11)12-13)8-2-3-9(10)14-8/h2-4H,1H3. The van der Waals surface area contributed by atoms with Crippen molar-refractivity contribution in [3.8, 4) is 16.6 Å². The van der Waals surface area contributed by atoms with Crippen molar-refractivity contribution >= 4 is 27.3 Å². The molecule has 3 nitrogen and oxygen atoms in total. The average molecular weight is 268 g/mol. The van der Waals surface area contributed by atoms with Gasteiger partial charge in [-0.1, -0.05) is 0 Å². The van der Waals surface area contributed by atoms with Gasteiger partial charge in [-0.15, -0.1) is 11.3 Å². The maximum atomic E-state index is 8.70. The van der Waals surface area contributed by atoms with Crippen molar-refractivity contribution in [2.45, 2.75) is 0 Å². The van der Waals surface area contributed by atoms with Gasteiger partial charge in [0.1, 0.15) is 6.07 Å². The van der Waals surface area contributed by atoms with E-state index in [9.17, 15) is 0 Å². The third-order valence-corrected chi connectivity index (χ3v) is 3.47. The van der Waals surface area contributed by atoms with Crippen LogP contribution in [0.5, 0.6) is 0 Å². The summed E-state index contributed by atoms with van der Waals surface area (Å²) in [6, 6.07) is 7.81. The molecule has 2 rings (SSSR count). The Morgan fingerprint density at radius 1 is 1.57 bits per heavy atom. The molecule has 0 radical (unpaired) electrons. The van der Waals surface area contributed by atoms with Gasteiger partial charge in [-0.25, -0.2) is 0 Å². The summed E-state index contributed by atoms with van der Waals surface area (Å²) in [5.74, 6) is 0. The van der Waals surface area contributed by atoms with E-state index in [1.54, 1.807) is 22.1 Å². The molecule has 0 unspecified atom stereocenters. The van der Waals surface area contributed by atoms with E-state index in [2.05, 4.69) is 21.0 Å². The first-order valence-corrected chi connectivity index (χ1v) is 5.51. The maximum absolute atomic E-state index is 8.70. The summed E-state index contributed by atoms with van der Waals surface area (Å²) in [4.78, 5) is 1.10. The first kappa shape index (κ1) is 9.44. The second kappa shape index (κ2) is 3.56. The molecule has 70 valence electrons. The highest BCUT2D eigenvalue weighted by atomic mass is 79.9. The number of rotatable bonds is 1. The first-order valence-electron chi connectivity index (χ1n) is 3.90. The number of aromatic nitrogens is 2. The molecule has 0 fully saturated rings. The number of aryl methyl sites for hydroxylation is 1. The van der Waals surface area contributed by atoms with E-state index < -0.39 is 0 Å². The largest absolute Gasteiger partial charge is 0.266 e. The molecule has 2 aromatic heterocycles. The lowest BCUT2D eigenvalue weighted by molar-refractivity contribution is 0.772. The van der Waals surface area contributed by atoms with Crippen molar-refractivity contribution < 1.29 is 0 Å². The number of nitriles is 1. The van der Waals surface area contributed by atoms with E-state index in [-0.39, 0.29) is 0 Å². The lowest BCUT2D eigenvalue weighted by atomic mass is 10.3. The third kappa shape index (κ3) is 1.59. The molecule has 0 spiro atoms. The molecule has 2 aromatic rings. The van der Waals surface area contributed by atoms with Crippen molar-refractivity contribution in [3.05, 3.63) is 27.7 Å². The second-order valence-electron chi connectivity index (χ2n) is 2.75. The molecular formula is C9H6BrN3S. The zero-order valence-electron chi connectivity index (χ0n) is 7.36. The molecule has 2 heterocycles. The molecule has 0 aromatic carbocycles. The summed E-state index contributed by atoms with van der Waals surface area (Å²) in [5, 5.41) is 12.8. The van der Waals surface area contributed by atoms with E-state index in [4.69, 9.17) is 5.26 Å². The Labute approximate surface area is 93.7 Å². The highest BCUT2D eigenvalue weighted by molar-refractivity contribution is 9.11. The van der Waals surface area contributed by atoms with Gasteiger partial charge in [-0.3, -0.25) is 4.68 Å². The SMILES string of the molecule is Cn1nc(C#N)cc1-c1ccc(Br)s1. The zero-order valence-corrected chi connectivity index (χ0v) is 9.76. The number of nitrogens with zero attached hydrogens (tertiary/aromatic N) is 3. The number of hydrogen-bond acceptors (Lipinski definition) is 3. The van der Waals surface area contributed by atoms with Gasteiger partial charge >= 0.3 is 0 Å². The van der Waals surface area contributed by atoms with Gasteiger partial charge in [0, 0.05) is 13.1 Å². The molecule has 5 heteroatoms.